The minimum absolute atomic E-state index is 0.0124. The molecule has 0 radical (unpaired) electrons. The molecule has 16 heavy (non-hydrogen) atoms. The van der Waals surface area contributed by atoms with Crippen LogP contribution in [-0.2, 0) is 4.79 Å². The fourth-order valence-corrected chi connectivity index (χ4v) is 1.20. The number of amides is 1. The Labute approximate surface area is 92.5 Å². The SMILES string of the molecule is Cc1cc(C(N)=O)cc(NCCC(=O)O)n1. The average molecular weight is 223 g/mol. The van der Waals surface area contributed by atoms with Crippen LogP contribution in [0, 0.1) is 6.92 Å². The summed E-state index contributed by atoms with van der Waals surface area (Å²) in [4.78, 5) is 25.4. The number of aliphatic carboxylic acids is 1. The molecule has 0 unspecified atom stereocenters. The van der Waals surface area contributed by atoms with Crippen molar-refractivity contribution >= 4 is 17.7 Å². The lowest BCUT2D eigenvalue weighted by atomic mass is 10.2. The summed E-state index contributed by atoms with van der Waals surface area (Å²) in [6.45, 7) is 1.98. The van der Waals surface area contributed by atoms with Gasteiger partial charge in [-0.25, -0.2) is 4.98 Å². The first-order chi connectivity index (χ1) is 7.49. The number of carboxylic acid groups (broad SMARTS) is 1. The Bertz CT molecular complexity index is 418. The Morgan fingerprint density at radius 3 is 2.75 bits per heavy atom. The summed E-state index contributed by atoms with van der Waals surface area (Å²) < 4.78 is 0. The maximum atomic E-state index is 11.0. The number of hydrogen-bond donors (Lipinski definition) is 3. The van der Waals surface area contributed by atoms with Crippen molar-refractivity contribution in [1.82, 2.24) is 4.98 Å². The van der Waals surface area contributed by atoms with Gasteiger partial charge < -0.3 is 16.2 Å². The summed E-state index contributed by atoms with van der Waals surface area (Å²) >= 11 is 0. The molecule has 0 bridgehead atoms. The van der Waals surface area contributed by atoms with Gasteiger partial charge in [-0.3, -0.25) is 9.59 Å². The number of hydrogen-bond acceptors (Lipinski definition) is 4. The van der Waals surface area contributed by atoms with E-state index in [0.717, 1.165) is 0 Å². The van der Waals surface area contributed by atoms with Crippen LogP contribution >= 0.6 is 0 Å². The third-order valence-corrected chi connectivity index (χ3v) is 1.88. The van der Waals surface area contributed by atoms with Gasteiger partial charge in [0.25, 0.3) is 0 Å². The van der Waals surface area contributed by atoms with Crippen molar-refractivity contribution in [2.75, 3.05) is 11.9 Å². The normalized spacial score (nSPS) is 9.81. The molecule has 1 amide bonds. The highest BCUT2D eigenvalue weighted by molar-refractivity contribution is 5.93. The zero-order valence-electron chi connectivity index (χ0n) is 8.86. The molecule has 0 aliphatic rings. The number of nitrogens with two attached hydrogens (primary N) is 1. The first kappa shape index (κ1) is 12.0. The van der Waals surface area contributed by atoms with Crippen LogP contribution in [0.5, 0.6) is 0 Å². The highest BCUT2D eigenvalue weighted by Gasteiger charge is 2.05. The lowest BCUT2D eigenvalue weighted by Gasteiger charge is -2.06. The molecule has 0 spiro atoms. The van der Waals surface area contributed by atoms with Crippen LogP contribution in [0.15, 0.2) is 12.1 Å². The van der Waals surface area contributed by atoms with Gasteiger partial charge in [-0.1, -0.05) is 0 Å². The minimum Gasteiger partial charge on any atom is -0.481 e. The quantitative estimate of drug-likeness (QED) is 0.669. The van der Waals surface area contributed by atoms with Gasteiger partial charge in [0.15, 0.2) is 0 Å². The van der Waals surface area contributed by atoms with Crippen molar-refractivity contribution in [3.63, 3.8) is 0 Å². The van der Waals surface area contributed by atoms with Crippen LogP contribution in [0.1, 0.15) is 22.5 Å². The van der Waals surface area contributed by atoms with Gasteiger partial charge >= 0.3 is 5.97 Å². The molecule has 1 heterocycles. The fourth-order valence-electron chi connectivity index (χ4n) is 1.20. The van der Waals surface area contributed by atoms with Crippen molar-refractivity contribution in [1.29, 1.82) is 0 Å². The fraction of sp³-hybridized carbons (Fsp3) is 0.300. The van der Waals surface area contributed by atoms with Crippen LogP contribution in [0.2, 0.25) is 0 Å². The Hall–Kier alpha value is -2.11. The molecule has 1 rings (SSSR count). The summed E-state index contributed by atoms with van der Waals surface area (Å²) in [7, 11) is 0. The van der Waals surface area contributed by atoms with Gasteiger partial charge in [0.05, 0.1) is 6.42 Å². The third kappa shape index (κ3) is 3.56. The molecule has 0 aromatic carbocycles. The summed E-state index contributed by atoms with van der Waals surface area (Å²) in [5.74, 6) is -0.975. The Balaban J connectivity index is 2.72. The number of anilines is 1. The first-order valence-electron chi connectivity index (χ1n) is 4.73. The number of nitrogens with one attached hydrogen (secondary N) is 1. The standard InChI is InChI=1S/C10H13N3O3/c1-6-4-7(10(11)16)5-8(13-6)12-3-2-9(14)15/h4-5H,2-3H2,1H3,(H2,11,16)(H,12,13)(H,14,15). The van der Waals surface area contributed by atoms with E-state index in [-0.39, 0.29) is 13.0 Å². The van der Waals surface area contributed by atoms with Crippen LogP contribution in [0.4, 0.5) is 5.82 Å². The smallest absolute Gasteiger partial charge is 0.305 e. The first-order valence-corrected chi connectivity index (χ1v) is 4.73. The summed E-state index contributed by atoms with van der Waals surface area (Å²) in [5, 5.41) is 11.3. The lowest BCUT2D eigenvalue weighted by Crippen LogP contribution is -2.14. The summed E-state index contributed by atoms with van der Waals surface area (Å²) in [6.07, 6.45) is -0.0124. The molecule has 6 heteroatoms. The van der Waals surface area contributed by atoms with Crippen molar-refractivity contribution in [2.45, 2.75) is 13.3 Å². The van der Waals surface area contributed by atoms with E-state index in [9.17, 15) is 9.59 Å². The molecule has 1 aromatic heterocycles. The second-order valence-electron chi connectivity index (χ2n) is 3.32. The maximum Gasteiger partial charge on any atom is 0.305 e. The van der Waals surface area contributed by atoms with Gasteiger partial charge in [-0.15, -0.1) is 0 Å². The monoisotopic (exact) mass is 223 g/mol. The van der Waals surface area contributed by atoms with Gasteiger partial charge in [0.1, 0.15) is 5.82 Å². The zero-order valence-corrected chi connectivity index (χ0v) is 8.86. The van der Waals surface area contributed by atoms with Crippen LogP contribution in [0.3, 0.4) is 0 Å². The summed E-state index contributed by atoms with van der Waals surface area (Å²) in [5.41, 5.74) is 6.14. The number of aromatic nitrogens is 1. The van der Waals surface area contributed by atoms with Gasteiger partial charge in [-0.2, -0.15) is 0 Å². The third-order valence-electron chi connectivity index (χ3n) is 1.88. The number of nitrogens with zero attached hydrogens (tertiary/aromatic N) is 1. The second kappa shape index (κ2) is 5.11. The molecule has 0 saturated carbocycles. The topological polar surface area (TPSA) is 105 Å². The molecule has 0 aliphatic carbocycles. The Morgan fingerprint density at radius 1 is 1.50 bits per heavy atom. The van der Waals surface area contributed by atoms with E-state index in [2.05, 4.69) is 10.3 Å². The van der Waals surface area contributed by atoms with Crippen LogP contribution in [0.25, 0.3) is 0 Å². The van der Waals surface area contributed by atoms with Gasteiger partial charge in [0, 0.05) is 17.8 Å². The predicted molar refractivity (Wildman–Crippen MR) is 58.2 cm³/mol. The molecule has 1 aromatic rings. The minimum atomic E-state index is -0.893. The van der Waals surface area contributed by atoms with Crippen LogP contribution in [-0.4, -0.2) is 28.5 Å². The second-order valence-corrected chi connectivity index (χ2v) is 3.32. The van der Waals surface area contributed by atoms with E-state index < -0.39 is 11.9 Å². The molecule has 0 atom stereocenters. The van der Waals surface area contributed by atoms with Crippen molar-refractivity contribution in [2.24, 2.45) is 5.73 Å². The largest absolute Gasteiger partial charge is 0.481 e. The van der Waals surface area contributed by atoms with E-state index in [1.165, 1.54) is 6.07 Å². The van der Waals surface area contributed by atoms with Crippen molar-refractivity contribution < 1.29 is 14.7 Å². The molecule has 86 valence electrons. The van der Waals surface area contributed by atoms with E-state index >= 15 is 0 Å². The van der Waals surface area contributed by atoms with E-state index in [0.29, 0.717) is 17.1 Å². The van der Waals surface area contributed by atoms with Gasteiger partial charge in [-0.05, 0) is 19.1 Å². The van der Waals surface area contributed by atoms with E-state index in [1.807, 2.05) is 0 Å². The maximum absolute atomic E-state index is 11.0. The molecular formula is C10H13N3O3. The predicted octanol–water partition coefficient (Wildman–Crippen LogP) is 0.376. The molecule has 4 N–H and O–H groups in total. The molecular weight excluding hydrogens is 210 g/mol. The Morgan fingerprint density at radius 2 is 2.19 bits per heavy atom. The number of pyridine rings is 1. The highest BCUT2D eigenvalue weighted by Crippen LogP contribution is 2.09. The van der Waals surface area contributed by atoms with Crippen LogP contribution < -0.4 is 11.1 Å². The zero-order chi connectivity index (χ0) is 12.1. The number of aryl methyl sites for hydroxylation is 1. The highest BCUT2D eigenvalue weighted by atomic mass is 16.4. The Kier molecular flexibility index (Phi) is 3.82. The number of primary amides is 1. The van der Waals surface area contributed by atoms with Crippen molar-refractivity contribution in [3.8, 4) is 0 Å². The number of rotatable bonds is 5. The lowest BCUT2D eigenvalue weighted by molar-refractivity contribution is -0.136. The average Bonchev–Trinajstić information content (AvgIpc) is 2.16. The van der Waals surface area contributed by atoms with E-state index in [1.54, 1.807) is 13.0 Å². The molecule has 0 saturated heterocycles. The number of carboxylic acids is 1. The summed E-state index contributed by atoms with van der Waals surface area (Å²) in [6, 6.07) is 3.07. The number of carbonyl (C=O) groups excluding carboxylic acids is 1. The molecule has 0 aliphatic heterocycles. The molecule has 6 nitrogen and oxygen atoms in total. The van der Waals surface area contributed by atoms with Gasteiger partial charge in [0.2, 0.25) is 5.91 Å². The van der Waals surface area contributed by atoms with Crippen molar-refractivity contribution in [3.05, 3.63) is 23.4 Å². The van der Waals surface area contributed by atoms with E-state index in [4.69, 9.17) is 10.8 Å². The number of carbonyl (C=O) groups is 2. The molecule has 0 fully saturated rings.